The van der Waals surface area contributed by atoms with Gasteiger partial charge in [0.15, 0.2) is 6.10 Å². The van der Waals surface area contributed by atoms with E-state index in [-0.39, 0.29) is 31.1 Å². The van der Waals surface area contributed by atoms with Crippen LogP contribution in [-0.4, -0.2) is 37.2 Å². The number of rotatable bonds is 46. The molecule has 0 rings (SSSR count). The number of hydrogen-bond donors (Lipinski definition) is 0. The van der Waals surface area contributed by atoms with Gasteiger partial charge in [0, 0.05) is 19.3 Å². The minimum Gasteiger partial charge on any atom is -0.462 e. The largest absolute Gasteiger partial charge is 0.462 e. The van der Waals surface area contributed by atoms with Gasteiger partial charge < -0.3 is 14.2 Å². The molecule has 6 heteroatoms. The van der Waals surface area contributed by atoms with Crippen LogP contribution in [0.5, 0.6) is 0 Å². The molecule has 0 aromatic rings. The van der Waals surface area contributed by atoms with Crippen molar-refractivity contribution in [2.24, 2.45) is 0 Å². The maximum absolute atomic E-state index is 12.8. The monoisotopic (exact) mass is 901 g/mol. The van der Waals surface area contributed by atoms with Gasteiger partial charge in [-0.05, 0) is 122 Å². The van der Waals surface area contributed by atoms with E-state index in [9.17, 15) is 14.4 Å². The van der Waals surface area contributed by atoms with Crippen LogP contribution in [0.1, 0.15) is 226 Å². The van der Waals surface area contributed by atoms with Gasteiger partial charge in [0.1, 0.15) is 13.2 Å². The molecule has 0 spiro atoms. The molecule has 0 bridgehead atoms. The summed E-state index contributed by atoms with van der Waals surface area (Å²) in [4.78, 5) is 38.0. The van der Waals surface area contributed by atoms with Crippen molar-refractivity contribution in [1.29, 1.82) is 0 Å². The van der Waals surface area contributed by atoms with Gasteiger partial charge in [-0.3, -0.25) is 14.4 Å². The van der Waals surface area contributed by atoms with Gasteiger partial charge in [0.05, 0.1) is 0 Å². The second kappa shape index (κ2) is 52.7. The Balaban J connectivity index is 4.49. The first-order chi connectivity index (χ1) is 32.0. The van der Waals surface area contributed by atoms with Gasteiger partial charge >= 0.3 is 17.9 Å². The van der Waals surface area contributed by atoms with Crippen LogP contribution in [0, 0.1) is 0 Å². The average molecular weight is 901 g/mol. The lowest BCUT2D eigenvalue weighted by Crippen LogP contribution is -2.30. The van der Waals surface area contributed by atoms with Crippen molar-refractivity contribution in [3.63, 3.8) is 0 Å². The van der Waals surface area contributed by atoms with E-state index in [4.69, 9.17) is 14.2 Å². The molecule has 0 aliphatic rings. The second-order valence-corrected chi connectivity index (χ2v) is 17.0. The molecule has 0 aliphatic heterocycles. The number of carbonyl (C=O) groups is 3. The van der Waals surface area contributed by atoms with E-state index in [0.717, 1.165) is 148 Å². The van der Waals surface area contributed by atoms with Crippen LogP contribution in [0.15, 0.2) is 109 Å². The van der Waals surface area contributed by atoms with Crippen LogP contribution < -0.4 is 0 Å². The first kappa shape index (κ1) is 61.1. The molecule has 0 fully saturated rings. The van der Waals surface area contributed by atoms with Gasteiger partial charge in [0.25, 0.3) is 0 Å². The Kier molecular flexibility index (Phi) is 49.5. The Hall–Kier alpha value is -3.93. The summed E-state index contributed by atoms with van der Waals surface area (Å²) in [6.45, 7) is 6.33. The van der Waals surface area contributed by atoms with Crippen molar-refractivity contribution in [3.05, 3.63) is 109 Å². The molecule has 0 aromatic heterocycles. The number of hydrogen-bond acceptors (Lipinski definition) is 6. The fourth-order valence-electron chi connectivity index (χ4n) is 6.83. The maximum atomic E-state index is 12.8. The first-order valence-electron chi connectivity index (χ1n) is 26.4. The lowest BCUT2D eigenvalue weighted by atomic mass is 10.1. The van der Waals surface area contributed by atoms with Crippen molar-refractivity contribution in [2.75, 3.05) is 13.2 Å². The van der Waals surface area contributed by atoms with Crippen LogP contribution in [0.25, 0.3) is 0 Å². The van der Waals surface area contributed by atoms with Crippen LogP contribution in [0.2, 0.25) is 0 Å². The lowest BCUT2D eigenvalue weighted by molar-refractivity contribution is -0.167. The summed E-state index contributed by atoms with van der Waals surface area (Å²) in [5.74, 6) is -0.965. The van der Waals surface area contributed by atoms with E-state index >= 15 is 0 Å². The van der Waals surface area contributed by atoms with Crippen LogP contribution in [0.3, 0.4) is 0 Å². The number of carbonyl (C=O) groups excluding carboxylic acids is 3. The third kappa shape index (κ3) is 50.9. The van der Waals surface area contributed by atoms with Gasteiger partial charge in [0.2, 0.25) is 0 Å². The molecule has 0 radical (unpaired) electrons. The molecular weight excluding hydrogens is 805 g/mol. The molecule has 0 aromatic carbocycles. The molecule has 0 aliphatic carbocycles. The minimum atomic E-state index is -0.805. The van der Waals surface area contributed by atoms with Crippen molar-refractivity contribution in [1.82, 2.24) is 0 Å². The van der Waals surface area contributed by atoms with Crippen LogP contribution >= 0.6 is 0 Å². The van der Waals surface area contributed by atoms with Crippen molar-refractivity contribution in [2.45, 2.75) is 232 Å². The third-order valence-corrected chi connectivity index (χ3v) is 10.7. The van der Waals surface area contributed by atoms with Gasteiger partial charge in [-0.15, -0.1) is 0 Å². The Morgan fingerprint density at radius 3 is 0.969 bits per heavy atom. The summed E-state index contributed by atoms with van der Waals surface area (Å²) >= 11 is 0. The van der Waals surface area contributed by atoms with Crippen LogP contribution in [0.4, 0.5) is 0 Å². The third-order valence-electron chi connectivity index (χ3n) is 10.7. The van der Waals surface area contributed by atoms with E-state index in [2.05, 4.69) is 130 Å². The Bertz CT molecular complexity index is 1360. The Labute approximate surface area is 400 Å². The summed E-state index contributed by atoms with van der Waals surface area (Å²) in [5.41, 5.74) is 0. The summed E-state index contributed by atoms with van der Waals surface area (Å²) in [5, 5.41) is 0. The Morgan fingerprint density at radius 2 is 0.600 bits per heavy atom. The molecule has 0 unspecified atom stereocenters. The van der Waals surface area contributed by atoms with Crippen molar-refractivity contribution in [3.8, 4) is 0 Å². The zero-order chi connectivity index (χ0) is 47.2. The molecule has 368 valence electrons. The molecule has 6 nitrogen and oxygen atoms in total. The predicted octanol–water partition coefficient (Wildman–Crippen LogP) is 17.5. The summed E-state index contributed by atoms with van der Waals surface area (Å²) < 4.78 is 16.8. The predicted molar refractivity (Wildman–Crippen MR) is 279 cm³/mol. The van der Waals surface area contributed by atoms with Crippen LogP contribution in [-0.2, 0) is 28.6 Å². The molecular formula is C59H96O6. The number of esters is 3. The highest BCUT2D eigenvalue weighted by atomic mass is 16.6. The fourth-order valence-corrected chi connectivity index (χ4v) is 6.83. The highest BCUT2D eigenvalue weighted by Gasteiger charge is 2.19. The number of ether oxygens (including phenoxy) is 3. The molecule has 0 saturated carbocycles. The number of allylic oxidation sites excluding steroid dienone is 18. The molecule has 0 amide bonds. The zero-order valence-electron chi connectivity index (χ0n) is 42.0. The highest BCUT2D eigenvalue weighted by Crippen LogP contribution is 2.13. The minimum absolute atomic E-state index is 0.103. The van der Waals surface area contributed by atoms with E-state index in [1.807, 2.05) is 0 Å². The average Bonchev–Trinajstić information content (AvgIpc) is 3.30. The smallest absolute Gasteiger partial charge is 0.306 e. The van der Waals surface area contributed by atoms with Gasteiger partial charge in [-0.1, -0.05) is 194 Å². The standard InChI is InChI=1S/C59H96O6/c1-4-7-10-13-16-19-22-25-27-28-29-30-32-35-37-40-43-46-49-52-58(61)64-55-56(65-59(62)53-50-47-44-41-38-33-24-21-18-15-12-9-6-3)54-63-57(60)51-48-45-42-39-36-34-31-26-23-20-17-14-11-8-5-2/h7-8,10-11,16-17,19-21,24-27,29-31,35,37,56H,4-6,9,12-15,18,22-23,28,32-34,36,38-55H2,1-3H3/b10-7-,11-8-,19-16-,20-17-,24-21-,27-25-,30-29-,31-26-,37-35-/t56-/m0/s1. The van der Waals surface area contributed by atoms with E-state index in [0.29, 0.717) is 19.3 Å². The van der Waals surface area contributed by atoms with Crippen molar-refractivity contribution >= 4 is 17.9 Å². The number of unbranched alkanes of at least 4 members (excludes halogenated alkanes) is 17. The van der Waals surface area contributed by atoms with Crippen molar-refractivity contribution < 1.29 is 28.6 Å². The maximum Gasteiger partial charge on any atom is 0.306 e. The highest BCUT2D eigenvalue weighted by molar-refractivity contribution is 5.71. The quantitative estimate of drug-likeness (QED) is 0.0262. The normalized spacial score (nSPS) is 13.0. The molecule has 65 heavy (non-hydrogen) atoms. The van der Waals surface area contributed by atoms with E-state index in [1.165, 1.54) is 38.5 Å². The van der Waals surface area contributed by atoms with Gasteiger partial charge in [-0.25, -0.2) is 0 Å². The first-order valence-corrected chi connectivity index (χ1v) is 26.4. The Morgan fingerprint density at radius 1 is 0.323 bits per heavy atom. The summed E-state index contributed by atoms with van der Waals surface area (Å²) in [7, 11) is 0. The topological polar surface area (TPSA) is 78.9 Å². The SMILES string of the molecule is CC/C=C\C/C=C\C/C=C\C/C=C\C/C=C\CCCCCC(=O)OC[C@H](COC(=O)CCCCCCC/C=C\C/C=C\C/C=C\CC)OC(=O)CCCCCCC/C=C\CCCCCC. The lowest BCUT2D eigenvalue weighted by Gasteiger charge is -2.18. The van der Waals surface area contributed by atoms with E-state index in [1.54, 1.807) is 0 Å². The fraction of sp³-hybridized carbons (Fsp3) is 0.644. The summed E-state index contributed by atoms with van der Waals surface area (Å²) in [6.07, 6.45) is 70.7. The van der Waals surface area contributed by atoms with E-state index < -0.39 is 6.10 Å². The van der Waals surface area contributed by atoms with Gasteiger partial charge in [-0.2, -0.15) is 0 Å². The zero-order valence-corrected chi connectivity index (χ0v) is 42.0. The molecule has 0 saturated heterocycles. The second-order valence-electron chi connectivity index (χ2n) is 17.0. The summed E-state index contributed by atoms with van der Waals surface area (Å²) in [6, 6.07) is 0. The molecule has 1 atom stereocenters. The molecule has 0 heterocycles. The molecule has 0 N–H and O–H groups in total.